The minimum atomic E-state index is -0.197. The summed E-state index contributed by atoms with van der Waals surface area (Å²) in [5, 5.41) is 6.54. The zero-order chi connectivity index (χ0) is 13.7. The van der Waals surface area contributed by atoms with Crippen molar-refractivity contribution in [2.75, 3.05) is 6.61 Å². The van der Waals surface area contributed by atoms with Gasteiger partial charge in [0.1, 0.15) is 5.75 Å². The van der Waals surface area contributed by atoms with E-state index in [4.69, 9.17) is 4.74 Å². The van der Waals surface area contributed by atoms with Crippen LogP contribution in [0.15, 0.2) is 35.1 Å². The number of hydrogen-bond acceptors (Lipinski definition) is 4. The fourth-order valence-corrected chi connectivity index (χ4v) is 1.91. The van der Waals surface area contributed by atoms with Crippen molar-refractivity contribution in [1.29, 1.82) is 0 Å². The number of rotatable bonds is 5. The van der Waals surface area contributed by atoms with Crippen molar-refractivity contribution in [2.24, 2.45) is 0 Å². The molecule has 0 saturated carbocycles. The Kier molecular flexibility index (Phi) is 4.63. The predicted octanol–water partition coefficient (Wildman–Crippen LogP) is 2.66. The summed E-state index contributed by atoms with van der Waals surface area (Å²) in [6, 6.07) is 9.42. The van der Waals surface area contributed by atoms with Crippen molar-refractivity contribution in [2.45, 2.75) is 19.1 Å². The molecule has 2 aromatic rings. The molecule has 0 radical (unpaired) electrons. The second-order valence-corrected chi connectivity index (χ2v) is 4.46. The fourth-order valence-electron chi connectivity index (χ4n) is 1.68. The maximum Gasteiger partial charge on any atom is 0.268 e. The molecule has 0 unspecified atom stereocenters. The molecule has 4 nitrogen and oxygen atoms in total. The van der Waals surface area contributed by atoms with Gasteiger partial charge in [-0.3, -0.25) is 4.79 Å². The van der Waals surface area contributed by atoms with Gasteiger partial charge in [-0.05, 0) is 24.6 Å². The van der Waals surface area contributed by atoms with Crippen molar-refractivity contribution >= 4 is 12.6 Å². The quantitative estimate of drug-likeness (QED) is 0.825. The SMILES string of the molecule is CCCOc1cccc(-c2cc(CS)c(=O)[nH]n2)c1. The number of benzene rings is 1. The molecule has 0 spiro atoms. The smallest absolute Gasteiger partial charge is 0.268 e. The van der Waals surface area contributed by atoms with Gasteiger partial charge >= 0.3 is 0 Å². The average Bonchev–Trinajstić information content (AvgIpc) is 2.46. The molecule has 0 fully saturated rings. The normalized spacial score (nSPS) is 10.4. The van der Waals surface area contributed by atoms with Gasteiger partial charge in [-0.25, -0.2) is 5.10 Å². The first-order chi connectivity index (χ1) is 9.24. The summed E-state index contributed by atoms with van der Waals surface area (Å²) in [6.45, 7) is 2.75. The highest BCUT2D eigenvalue weighted by atomic mass is 32.1. The number of nitrogens with zero attached hydrogens (tertiary/aromatic N) is 1. The molecular formula is C14H16N2O2S. The first kappa shape index (κ1) is 13.7. The van der Waals surface area contributed by atoms with Gasteiger partial charge in [-0.1, -0.05) is 19.1 Å². The molecule has 0 aliphatic heterocycles. The van der Waals surface area contributed by atoms with Crippen molar-refractivity contribution in [1.82, 2.24) is 10.2 Å². The lowest BCUT2D eigenvalue weighted by Crippen LogP contribution is -2.13. The number of aromatic nitrogens is 2. The van der Waals surface area contributed by atoms with Gasteiger partial charge in [0.15, 0.2) is 0 Å². The summed E-state index contributed by atoms with van der Waals surface area (Å²) in [5.74, 6) is 1.19. The summed E-state index contributed by atoms with van der Waals surface area (Å²) in [7, 11) is 0. The van der Waals surface area contributed by atoms with Crippen LogP contribution in [0.5, 0.6) is 5.75 Å². The molecule has 0 atom stereocenters. The van der Waals surface area contributed by atoms with Crippen molar-refractivity contribution < 1.29 is 4.74 Å². The number of hydrogen-bond donors (Lipinski definition) is 2. The highest BCUT2D eigenvalue weighted by molar-refractivity contribution is 7.79. The Hall–Kier alpha value is -1.75. The lowest BCUT2D eigenvalue weighted by Gasteiger charge is -2.07. The molecule has 5 heteroatoms. The molecule has 100 valence electrons. The van der Waals surface area contributed by atoms with Gasteiger partial charge in [0.05, 0.1) is 12.3 Å². The first-order valence-electron chi connectivity index (χ1n) is 6.17. The fraction of sp³-hybridized carbons (Fsp3) is 0.286. The Balaban J connectivity index is 2.33. The van der Waals surface area contributed by atoms with E-state index in [0.717, 1.165) is 17.7 Å². The van der Waals surface area contributed by atoms with Gasteiger partial charge in [0.25, 0.3) is 5.56 Å². The van der Waals surface area contributed by atoms with Crippen LogP contribution in [-0.2, 0) is 5.75 Å². The van der Waals surface area contributed by atoms with Crippen LogP contribution in [-0.4, -0.2) is 16.8 Å². The minimum absolute atomic E-state index is 0.197. The van der Waals surface area contributed by atoms with E-state index in [0.29, 0.717) is 23.6 Å². The Labute approximate surface area is 117 Å². The van der Waals surface area contributed by atoms with E-state index in [1.54, 1.807) is 6.07 Å². The van der Waals surface area contributed by atoms with Crippen molar-refractivity contribution in [3.05, 3.63) is 46.2 Å². The molecule has 0 saturated heterocycles. The summed E-state index contributed by atoms with van der Waals surface area (Å²) in [4.78, 5) is 11.5. The topological polar surface area (TPSA) is 55.0 Å². The van der Waals surface area contributed by atoms with E-state index in [1.165, 1.54) is 0 Å². The maximum absolute atomic E-state index is 11.5. The first-order valence-corrected chi connectivity index (χ1v) is 6.80. The third kappa shape index (κ3) is 3.38. The lowest BCUT2D eigenvalue weighted by atomic mass is 10.1. The van der Waals surface area contributed by atoms with E-state index in [9.17, 15) is 4.79 Å². The monoisotopic (exact) mass is 276 g/mol. The molecule has 1 heterocycles. The van der Waals surface area contributed by atoms with Crippen LogP contribution in [0.3, 0.4) is 0 Å². The highest BCUT2D eigenvalue weighted by Crippen LogP contribution is 2.22. The zero-order valence-corrected chi connectivity index (χ0v) is 11.6. The number of aromatic amines is 1. The predicted molar refractivity (Wildman–Crippen MR) is 78.8 cm³/mol. The van der Waals surface area contributed by atoms with Crippen LogP contribution in [0, 0.1) is 0 Å². The lowest BCUT2D eigenvalue weighted by molar-refractivity contribution is 0.317. The molecule has 19 heavy (non-hydrogen) atoms. The molecule has 1 aromatic carbocycles. The summed E-state index contributed by atoms with van der Waals surface area (Å²) >= 11 is 4.13. The molecule has 1 N–H and O–H groups in total. The molecule has 0 bridgehead atoms. The van der Waals surface area contributed by atoms with Crippen LogP contribution >= 0.6 is 12.6 Å². The summed E-state index contributed by atoms with van der Waals surface area (Å²) in [5.41, 5.74) is 2.03. The minimum Gasteiger partial charge on any atom is -0.494 e. The summed E-state index contributed by atoms with van der Waals surface area (Å²) < 4.78 is 5.58. The number of ether oxygens (including phenoxy) is 1. The maximum atomic E-state index is 11.5. The molecule has 0 amide bonds. The molecule has 0 aliphatic carbocycles. The van der Waals surface area contributed by atoms with Crippen LogP contribution in [0.2, 0.25) is 0 Å². The standard InChI is InChI=1S/C14H16N2O2S/c1-2-6-18-12-5-3-4-10(7-12)13-8-11(9-19)14(17)16-15-13/h3-5,7-8,19H,2,6,9H2,1H3,(H,16,17). The second kappa shape index (κ2) is 6.43. The zero-order valence-electron chi connectivity index (χ0n) is 10.7. The van der Waals surface area contributed by atoms with Crippen LogP contribution in [0.1, 0.15) is 18.9 Å². The third-order valence-electron chi connectivity index (χ3n) is 2.65. The van der Waals surface area contributed by atoms with E-state index in [-0.39, 0.29) is 5.56 Å². The van der Waals surface area contributed by atoms with E-state index in [1.807, 2.05) is 24.3 Å². The van der Waals surface area contributed by atoms with Gasteiger partial charge in [0.2, 0.25) is 0 Å². The Morgan fingerprint density at radius 1 is 1.37 bits per heavy atom. The number of nitrogens with one attached hydrogen (secondary N) is 1. The third-order valence-corrected chi connectivity index (χ3v) is 2.99. The molecular weight excluding hydrogens is 260 g/mol. The van der Waals surface area contributed by atoms with Crippen LogP contribution in [0.4, 0.5) is 0 Å². The van der Waals surface area contributed by atoms with Gasteiger partial charge < -0.3 is 4.74 Å². The largest absolute Gasteiger partial charge is 0.494 e. The molecule has 2 rings (SSSR count). The Morgan fingerprint density at radius 3 is 2.95 bits per heavy atom. The van der Waals surface area contributed by atoms with E-state index >= 15 is 0 Å². The molecule has 1 aromatic heterocycles. The van der Waals surface area contributed by atoms with Crippen molar-refractivity contribution in [3.63, 3.8) is 0 Å². The van der Waals surface area contributed by atoms with E-state index in [2.05, 4.69) is 29.7 Å². The van der Waals surface area contributed by atoms with Gasteiger partial charge in [-0.2, -0.15) is 17.7 Å². The number of thiol groups is 1. The highest BCUT2D eigenvalue weighted by Gasteiger charge is 2.05. The van der Waals surface area contributed by atoms with Gasteiger partial charge in [-0.15, -0.1) is 0 Å². The van der Waals surface area contributed by atoms with E-state index < -0.39 is 0 Å². The summed E-state index contributed by atoms with van der Waals surface area (Å²) in [6.07, 6.45) is 0.963. The van der Waals surface area contributed by atoms with Crippen LogP contribution < -0.4 is 10.3 Å². The van der Waals surface area contributed by atoms with Gasteiger partial charge in [0, 0.05) is 16.9 Å². The number of H-pyrrole nitrogens is 1. The Bertz CT molecular complexity index is 610. The average molecular weight is 276 g/mol. The Morgan fingerprint density at radius 2 is 2.21 bits per heavy atom. The second-order valence-electron chi connectivity index (χ2n) is 4.14. The van der Waals surface area contributed by atoms with Crippen molar-refractivity contribution in [3.8, 4) is 17.0 Å². The van der Waals surface area contributed by atoms with Crippen LogP contribution in [0.25, 0.3) is 11.3 Å². The molecule has 0 aliphatic rings.